The summed E-state index contributed by atoms with van der Waals surface area (Å²) < 4.78 is 5.39. The first-order valence-electron chi connectivity index (χ1n) is 9.60. The number of aromatic nitrogens is 3. The van der Waals surface area contributed by atoms with Crippen LogP contribution < -0.4 is 5.32 Å². The minimum absolute atomic E-state index is 0.250. The third-order valence-electron chi connectivity index (χ3n) is 5.15. The fourth-order valence-corrected chi connectivity index (χ4v) is 3.64. The Morgan fingerprint density at radius 2 is 1.83 bits per heavy atom. The van der Waals surface area contributed by atoms with Crippen LogP contribution in [0.15, 0.2) is 71.4 Å². The molecule has 0 aliphatic rings. The van der Waals surface area contributed by atoms with Crippen molar-refractivity contribution in [1.29, 1.82) is 0 Å². The predicted octanol–water partition coefficient (Wildman–Crippen LogP) is 5.31. The number of hydrogen-bond donors (Lipinski definition) is 1. The molecule has 3 aromatic heterocycles. The highest BCUT2D eigenvalue weighted by molar-refractivity contribution is 6.15. The van der Waals surface area contributed by atoms with Crippen molar-refractivity contribution in [2.75, 3.05) is 5.32 Å². The fraction of sp³-hybridized carbons (Fsp3) is 0.0833. The Labute approximate surface area is 172 Å². The highest BCUT2D eigenvalue weighted by Gasteiger charge is 2.20. The van der Waals surface area contributed by atoms with Gasteiger partial charge in [-0.25, -0.2) is 4.98 Å². The molecular weight excluding hydrogens is 376 g/mol. The number of hydrogen-bond acceptors (Lipinski definition) is 5. The van der Waals surface area contributed by atoms with Gasteiger partial charge in [0.2, 0.25) is 0 Å². The van der Waals surface area contributed by atoms with Gasteiger partial charge in [0.15, 0.2) is 0 Å². The summed E-state index contributed by atoms with van der Waals surface area (Å²) in [4.78, 5) is 22.4. The quantitative estimate of drug-likeness (QED) is 0.449. The Kier molecular flexibility index (Phi) is 4.25. The topological polar surface area (TPSA) is 80.9 Å². The molecule has 0 unspecified atom stereocenters. The van der Waals surface area contributed by atoms with Gasteiger partial charge < -0.3 is 9.84 Å². The van der Waals surface area contributed by atoms with Crippen molar-refractivity contribution < 1.29 is 9.32 Å². The Hall–Kier alpha value is -4.06. The number of nitrogens with one attached hydrogen (secondary N) is 1. The summed E-state index contributed by atoms with van der Waals surface area (Å²) in [5.74, 6) is -0.250. The summed E-state index contributed by atoms with van der Waals surface area (Å²) in [5.41, 5.74) is 5.60. The standard InChI is InChI=1S/C24H18N4O2/c1-14-10-11-19(17-9-6-12-25-22(14)17)26-23(29)18-13-20(16-7-4-3-5-8-16)27-24-21(18)15(2)28-30-24/h3-13H,1-2H3,(H,26,29). The van der Waals surface area contributed by atoms with Crippen LogP contribution in [0.2, 0.25) is 0 Å². The number of fused-ring (bicyclic) bond motifs is 2. The van der Waals surface area contributed by atoms with Crippen molar-refractivity contribution in [3.63, 3.8) is 0 Å². The van der Waals surface area contributed by atoms with Gasteiger partial charge in [0.25, 0.3) is 11.6 Å². The molecule has 5 rings (SSSR count). The maximum Gasteiger partial charge on any atom is 0.259 e. The number of carbonyl (C=O) groups is 1. The van der Waals surface area contributed by atoms with E-state index in [1.54, 1.807) is 19.2 Å². The lowest BCUT2D eigenvalue weighted by Gasteiger charge is -2.11. The van der Waals surface area contributed by atoms with E-state index in [-0.39, 0.29) is 5.91 Å². The lowest BCUT2D eigenvalue weighted by molar-refractivity contribution is 0.102. The maximum absolute atomic E-state index is 13.4. The number of nitrogens with zero attached hydrogens (tertiary/aromatic N) is 3. The van der Waals surface area contributed by atoms with Crippen LogP contribution in [0, 0.1) is 13.8 Å². The molecule has 0 fully saturated rings. The third kappa shape index (κ3) is 2.99. The second-order valence-corrected chi connectivity index (χ2v) is 7.15. The molecule has 0 saturated carbocycles. The molecule has 1 amide bonds. The van der Waals surface area contributed by atoms with E-state index in [0.29, 0.717) is 33.7 Å². The number of rotatable bonds is 3. The lowest BCUT2D eigenvalue weighted by Crippen LogP contribution is -2.13. The summed E-state index contributed by atoms with van der Waals surface area (Å²) in [5, 5.41) is 8.56. The SMILES string of the molecule is Cc1ccc(NC(=O)c2cc(-c3ccccc3)nc3onc(C)c23)c2cccnc12. The van der Waals surface area contributed by atoms with Crippen LogP contribution >= 0.6 is 0 Å². The van der Waals surface area contributed by atoms with Gasteiger partial charge in [-0.2, -0.15) is 0 Å². The summed E-state index contributed by atoms with van der Waals surface area (Å²) in [6, 6.07) is 19.1. The Bertz CT molecular complexity index is 1410. The summed E-state index contributed by atoms with van der Waals surface area (Å²) in [7, 11) is 0. The van der Waals surface area contributed by atoms with Gasteiger partial charge in [-0.15, -0.1) is 0 Å². The molecular formula is C24H18N4O2. The molecule has 6 heteroatoms. The molecule has 3 heterocycles. The van der Waals surface area contributed by atoms with Crippen LogP contribution in [0.25, 0.3) is 33.3 Å². The van der Waals surface area contributed by atoms with Crippen LogP contribution in [0.1, 0.15) is 21.6 Å². The zero-order valence-corrected chi connectivity index (χ0v) is 16.5. The van der Waals surface area contributed by atoms with Crippen molar-refractivity contribution >= 4 is 33.6 Å². The molecule has 2 aromatic carbocycles. The van der Waals surface area contributed by atoms with Crippen molar-refractivity contribution in [2.45, 2.75) is 13.8 Å². The van der Waals surface area contributed by atoms with Crippen molar-refractivity contribution in [2.24, 2.45) is 0 Å². The monoisotopic (exact) mass is 394 g/mol. The van der Waals surface area contributed by atoms with E-state index < -0.39 is 0 Å². The van der Waals surface area contributed by atoms with Crippen LogP contribution in [0.3, 0.4) is 0 Å². The van der Waals surface area contributed by atoms with E-state index >= 15 is 0 Å². The van der Waals surface area contributed by atoms with Crippen molar-refractivity contribution in [1.82, 2.24) is 15.1 Å². The summed E-state index contributed by atoms with van der Waals surface area (Å²) >= 11 is 0. The van der Waals surface area contributed by atoms with Gasteiger partial charge in [-0.05, 0) is 43.7 Å². The molecule has 6 nitrogen and oxygen atoms in total. The second kappa shape index (κ2) is 7.08. The van der Waals surface area contributed by atoms with Gasteiger partial charge in [-0.3, -0.25) is 9.78 Å². The Morgan fingerprint density at radius 3 is 2.67 bits per heavy atom. The predicted molar refractivity (Wildman–Crippen MR) is 116 cm³/mol. The highest BCUT2D eigenvalue weighted by Crippen LogP contribution is 2.29. The van der Waals surface area contributed by atoms with E-state index in [9.17, 15) is 4.79 Å². The van der Waals surface area contributed by atoms with Crippen molar-refractivity contribution in [3.05, 3.63) is 83.7 Å². The normalized spacial score (nSPS) is 11.1. The Balaban J connectivity index is 1.63. The minimum atomic E-state index is -0.250. The number of pyridine rings is 2. The number of aryl methyl sites for hydroxylation is 2. The smallest absolute Gasteiger partial charge is 0.259 e. The molecule has 0 atom stereocenters. The number of anilines is 1. The van der Waals surface area contributed by atoms with Gasteiger partial charge in [-0.1, -0.05) is 41.6 Å². The number of carbonyl (C=O) groups excluding carboxylic acids is 1. The number of amides is 1. The lowest BCUT2D eigenvalue weighted by atomic mass is 10.0. The number of benzene rings is 2. The molecule has 0 radical (unpaired) electrons. The first kappa shape index (κ1) is 18.0. The van der Waals surface area contributed by atoms with Crippen LogP contribution in [-0.2, 0) is 0 Å². The molecule has 5 aromatic rings. The van der Waals surface area contributed by atoms with Crippen LogP contribution in [-0.4, -0.2) is 21.0 Å². The zero-order valence-electron chi connectivity index (χ0n) is 16.5. The molecule has 146 valence electrons. The van der Waals surface area contributed by atoms with Crippen LogP contribution in [0.4, 0.5) is 5.69 Å². The molecule has 30 heavy (non-hydrogen) atoms. The molecule has 0 bridgehead atoms. The van der Waals surface area contributed by atoms with Crippen molar-refractivity contribution in [3.8, 4) is 11.3 Å². The van der Waals surface area contributed by atoms with Gasteiger partial charge in [0.05, 0.1) is 33.5 Å². The molecule has 0 aliphatic carbocycles. The van der Waals surface area contributed by atoms with E-state index in [0.717, 1.165) is 22.0 Å². The molecule has 0 aliphatic heterocycles. The Morgan fingerprint density at radius 1 is 1.00 bits per heavy atom. The average molecular weight is 394 g/mol. The van der Waals surface area contributed by atoms with Gasteiger partial charge in [0.1, 0.15) is 0 Å². The van der Waals surface area contributed by atoms with E-state index in [2.05, 4.69) is 20.4 Å². The molecule has 1 N–H and O–H groups in total. The second-order valence-electron chi connectivity index (χ2n) is 7.15. The highest BCUT2D eigenvalue weighted by atomic mass is 16.5. The maximum atomic E-state index is 13.4. The zero-order chi connectivity index (χ0) is 20.7. The van der Waals surface area contributed by atoms with E-state index in [4.69, 9.17) is 4.52 Å². The van der Waals surface area contributed by atoms with E-state index in [1.165, 1.54) is 0 Å². The van der Waals surface area contributed by atoms with Gasteiger partial charge >= 0.3 is 0 Å². The first-order valence-corrected chi connectivity index (χ1v) is 9.60. The molecule has 0 saturated heterocycles. The van der Waals surface area contributed by atoms with Crippen LogP contribution in [0.5, 0.6) is 0 Å². The summed E-state index contributed by atoms with van der Waals surface area (Å²) in [6.07, 6.45) is 1.75. The average Bonchev–Trinajstić information content (AvgIpc) is 3.16. The summed E-state index contributed by atoms with van der Waals surface area (Å²) in [6.45, 7) is 3.80. The third-order valence-corrected chi connectivity index (χ3v) is 5.15. The van der Waals surface area contributed by atoms with E-state index in [1.807, 2.05) is 61.5 Å². The van der Waals surface area contributed by atoms with Gasteiger partial charge in [0, 0.05) is 17.1 Å². The first-order chi connectivity index (χ1) is 14.6. The largest absolute Gasteiger partial charge is 0.335 e. The molecule has 0 spiro atoms. The minimum Gasteiger partial charge on any atom is -0.335 e. The fourth-order valence-electron chi connectivity index (χ4n) is 3.64.